The molecule has 2 aliphatic carbocycles. The Kier molecular flexibility index (Phi) is 2.75. The number of ether oxygens (including phenoxy) is 1. The topological polar surface area (TPSA) is 46.5 Å². The fraction of sp³-hybridized carbons (Fsp3) is 0.917. The summed E-state index contributed by atoms with van der Waals surface area (Å²) in [6.07, 6.45) is 8.71. The van der Waals surface area contributed by atoms with Gasteiger partial charge in [0.1, 0.15) is 0 Å². The lowest BCUT2D eigenvalue weighted by molar-refractivity contribution is -0.169. The van der Waals surface area contributed by atoms with Crippen molar-refractivity contribution in [3.8, 4) is 0 Å². The minimum Gasteiger partial charge on any atom is -0.479 e. The van der Waals surface area contributed by atoms with E-state index in [1.807, 2.05) is 0 Å². The first-order valence-corrected chi connectivity index (χ1v) is 5.91. The van der Waals surface area contributed by atoms with Crippen molar-refractivity contribution in [1.29, 1.82) is 0 Å². The number of carboxylic acids is 1. The predicted octanol–water partition coefficient (Wildman–Crippen LogP) is 2.59. The summed E-state index contributed by atoms with van der Waals surface area (Å²) in [5.74, 6) is -0.780. The maximum absolute atomic E-state index is 11.2. The van der Waals surface area contributed by atoms with E-state index in [2.05, 4.69) is 0 Å². The number of rotatable bonds is 2. The number of hydrogen-bond acceptors (Lipinski definition) is 2. The van der Waals surface area contributed by atoms with Crippen LogP contribution in [0.4, 0.5) is 0 Å². The van der Waals surface area contributed by atoms with Crippen molar-refractivity contribution in [1.82, 2.24) is 0 Å². The fourth-order valence-electron chi connectivity index (χ4n) is 3.31. The highest BCUT2D eigenvalue weighted by atomic mass is 16.5. The van der Waals surface area contributed by atoms with E-state index in [1.165, 1.54) is 32.8 Å². The van der Waals surface area contributed by atoms with E-state index in [1.54, 1.807) is 0 Å². The second kappa shape index (κ2) is 3.78. The molecule has 0 bridgehead atoms. The first kappa shape index (κ1) is 10.9. The van der Waals surface area contributed by atoms with Crippen molar-refractivity contribution in [3.05, 3.63) is 0 Å². The van der Waals surface area contributed by atoms with E-state index in [-0.39, 0.29) is 0 Å². The summed E-state index contributed by atoms with van der Waals surface area (Å²) < 4.78 is 5.24. The van der Waals surface area contributed by atoms with Gasteiger partial charge in [0.15, 0.2) is 5.60 Å². The van der Waals surface area contributed by atoms with Gasteiger partial charge in [0, 0.05) is 7.11 Å². The fourth-order valence-corrected chi connectivity index (χ4v) is 3.31. The molecule has 3 nitrogen and oxygen atoms in total. The molecule has 1 spiro atoms. The quantitative estimate of drug-likeness (QED) is 0.765. The molecule has 86 valence electrons. The zero-order valence-corrected chi connectivity index (χ0v) is 9.42. The van der Waals surface area contributed by atoms with Gasteiger partial charge in [0.25, 0.3) is 0 Å². The van der Waals surface area contributed by atoms with Crippen LogP contribution in [-0.2, 0) is 9.53 Å². The van der Waals surface area contributed by atoms with Gasteiger partial charge in [-0.2, -0.15) is 0 Å². The summed E-state index contributed by atoms with van der Waals surface area (Å²) in [5.41, 5.74) is -0.411. The molecule has 0 unspecified atom stereocenters. The molecule has 0 aromatic carbocycles. The van der Waals surface area contributed by atoms with Crippen LogP contribution in [0.15, 0.2) is 0 Å². The van der Waals surface area contributed by atoms with Crippen molar-refractivity contribution in [3.63, 3.8) is 0 Å². The van der Waals surface area contributed by atoms with Crippen LogP contribution >= 0.6 is 0 Å². The molecule has 1 N–H and O–H groups in total. The van der Waals surface area contributed by atoms with Gasteiger partial charge >= 0.3 is 5.97 Å². The van der Waals surface area contributed by atoms with Crippen LogP contribution < -0.4 is 0 Å². The highest BCUT2D eigenvalue weighted by Crippen LogP contribution is 2.51. The molecule has 0 heterocycles. The Morgan fingerprint density at radius 2 is 1.60 bits per heavy atom. The Labute approximate surface area is 90.8 Å². The standard InChI is InChI=1S/C12H20O3/c1-15-12(10(13)14)8-6-11(7-9-12)4-2-3-5-11/h2-9H2,1H3,(H,13,14). The van der Waals surface area contributed by atoms with Gasteiger partial charge in [-0.25, -0.2) is 4.79 Å². The molecule has 0 radical (unpaired) electrons. The van der Waals surface area contributed by atoms with Gasteiger partial charge in [0.05, 0.1) is 0 Å². The summed E-state index contributed by atoms with van der Waals surface area (Å²) in [6.45, 7) is 0. The second-order valence-electron chi connectivity index (χ2n) is 5.21. The summed E-state index contributed by atoms with van der Waals surface area (Å²) in [6, 6.07) is 0. The number of methoxy groups -OCH3 is 1. The molecule has 15 heavy (non-hydrogen) atoms. The number of carboxylic acid groups (broad SMARTS) is 1. The van der Waals surface area contributed by atoms with E-state index in [4.69, 9.17) is 4.74 Å². The maximum Gasteiger partial charge on any atom is 0.335 e. The smallest absolute Gasteiger partial charge is 0.335 e. The monoisotopic (exact) mass is 212 g/mol. The minimum absolute atomic E-state index is 0.470. The second-order valence-corrected chi connectivity index (χ2v) is 5.21. The van der Waals surface area contributed by atoms with Crippen LogP contribution in [0.1, 0.15) is 51.4 Å². The lowest BCUT2D eigenvalue weighted by Crippen LogP contribution is -2.46. The van der Waals surface area contributed by atoms with Gasteiger partial charge in [-0.05, 0) is 43.9 Å². The third-order valence-corrected chi connectivity index (χ3v) is 4.56. The van der Waals surface area contributed by atoms with Crippen molar-refractivity contribution >= 4 is 5.97 Å². The lowest BCUT2D eigenvalue weighted by Gasteiger charge is -2.41. The van der Waals surface area contributed by atoms with E-state index in [9.17, 15) is 9.90 Å². The Hall–Kier alpha value is -0.570. The van der Waals surface area contributed by atoms with Crippen LogP contribution in [0.2, 0.25) is 0 Å². The Morgan fingerprint density at radius 1 is 1.07 bits per heavy atom. The van der Waals surface area contributed by atoms with E-state index >= 15 is 0 Å². The highest BCUT2D eigenvalue weighted by molar-refractivity contribution is 5.77. The molecule has 0 saturated heterocycles. The average molecular weight is 212 g/mol. The summed E-state index contributed by atoms with van der Waals surface area (Å²) in [5, 5.41) is 9.19. The zero-order chi connectivity index (χ0) is 10.9. The number of aliphatic carboxylic acids is 1. The average Bonchev–Trinajstić information content (AvgIpc) is 2.68. The molecule has 0 aromatic heterocycles. The molecule has 0 aliphatic heterocycles. The lowest BCUT2D eigenvalue weighted by atomic mass is 9.67. The summed E-state index contributed by atoms with van der Waals surface area (Å²) in [7, 11) is 1.53. The molecule has 3 heteroatoms. The van der Waals surface area contributed by atoms with E-state index < -0.39 is 11.6 Å². The molecule has 2 aliphatic rings. The Bertz CT molecular complexity index is 244. The normalized spacial score (nSPS) is 28.1. The molecule has 0 aromatic rings. The van der Waals surface area contributed by atoms with Gasteiger partial charge in [0.2, 0.25) is 0 Å². The molecule has 2 saturated carbocycles. The van der Waals surface area contributed by atoms with Crippen molar-refractivity contribution in [2.75, 3.05) is 7.11 Å². The van der Waals surface area contributed by atoms with Crippen LogP contribution in [-0.4, -0.2) is 23.8 Å². The first-order chi connectivity index (χ1) is 7.13. The molecular formula is C12H20O3. The number of carbonyl (C=O) groups is 1. The molecule has 0 amide bonds. The molecular weight excluding hydrogens is 192 g/mol. The summed E-state index contributed by atoms with van der Waals surface area (Å²) >= 11 is 0. The van der Waals surface area contributed by atoms with Crippen molar-refractivity contribution in [2.45, 2.75) is 57.0 Å². The van der Waals surface area contributed by atoms with Crippen LogP contribution in [0, 0.1) is 5.41 Å². The van der Waals surface area contributed by atoms with E-state index in [0.29, 0.717) is 18.3 Å². The van der Waals surface area contributed by atoms with Crippen LogP contribution in [0.25, 0.3) is 0 Å². The van der Waals surface area contributed by atoms with Gasteiger partial charge in [-0.1, -0.05) is 12.8 Å². The molecule has 2 fully saturated rings. The predicted molar refractivity (Wildman–Crippen MR) is 56.7 cm³/mol. The minimum atomic E-state index is -0.881. The third-order valence-electron chi connectivity index (χ3n) is 4.56. The van der Waals surface area contributed by atoms with Gasteiger partial charge in [-0.15, -0.1) is 0 Å². The summed E-state index contributed by atoms with van der Waals surface area (Å²) in [4.78, 5) is 11.2. The largest absolute Gasteiger partial charge is 0.479 e. The zero-order valence-electron chi connectivity index (χ0n) is 9.42. The molecule has 0 atom stereocenters. The van der Waals surface area contributed by atoms with Crippen LogP contribution in [0.3, 0.4) is 0 Å². The van der Waals surface area contributed by atoms with Crippen molar-refractivity contribution in [2.24, 2.45) is 5.41 Å². The Morgan fingerprint density at radius 3 is 2.00 bits per heavy atom. The van der Waals surface area contributed by atoms with Gasteiger partial charge in [-0.3, -0.25) is 0 Å². The Balaban J connectivity index is 2.04. The SMILES string of the molecule is COC1(C(=O)O)CCC2(CCCC2)CC1. The van der Waals surface area contributed by atoms with Crippen molar-refractivity contribution < 1.29 is 14.6 Å². The maximum atomic E-state index is 11.2. The molecule has 2 rings (SSSR count). The third kappa shape index (κ3) is 1.78. The van der Waals surface area contributed by atoms with E-state index in [0.717, 1.165) is 12.8 Å². The first-order valence-electron chi connectivity index (χ1n) is 5.91. The van der Waals surface area contributed by atoms with Crippen LogP contribution in [0.5, 0.6) is 0 Å². The highest BCUT2D eigenvalue weighted by Gasteiger charge is 2.48. The number of hydrogen-bond donors (Lipinski definition) is 1. The van der Waals surface area contributed by atoms with Gasteiger partial charge < -0.3 is 9.84 Å².